The number of carbonyl (C=O) groups excluding carboxylic acids is 1. The highest BCUT2D eigenvalue weighted by molar-refractivity contribution is 7.13. The van der Waals surface area contributed by atoms with E-state index in [1.165, 1.54) is 20.9 Å². The number of nitrogens with zero attached hydrogens (tertiary/aromatic N) is 8. The fraction of sp³-hybridized carbons (Fsp3) is 0.118. The Morgan fingerprint density at radius 2 is 1.96 bits per heavy atom. The summed E-state index contributed by atoms with van der Waals surface area (Å²) in [7, 11) is 3.31. The predicted octanol–water partition coefficient (Wildman–Crippen LogP) is 2.34. The molecular weight excluding hydrogens is 378 g/mol. The van der Waals surface area contributed by atoms with Gasteiger partial charge in [-0.2, -0.15) is 19.7 Å². The molecular formula is C17H15N9OS. The van der Waals surface area contributed by atoms with Crippen LogP contribution in [0, 0.1) is 0 Å². The average Bonchev–Trinajstić information content (AvgIpc) is 3.40. The van der Waals surface area contributed by atoms with E-state index in [0.29, 0.717) is 23.2 Å². The SMILES string of the molecule is CN(C)C(=O)Nc1ccnn1-c1nc(-c2cnccn2)nc(-c2cccs2)n1. The van der Waals surface area contributed by atoms with Crippen LogP contribution in [0.3, 0.4) is 0 Å². The molecule has 4 rings (SSSR count). The van der Waals surface area contributed by atoms with Gasteiger partial charge in [0.2, 0.25) is 0 Å². The van der Waals surface area contributed by atoms with E-state index < -0.39 is 0 Å². The first-order valence-corrected chi connectivity index (χ1v) is 9.09. The van der Waals surface area contributed by atoms with Crippen LogP contribution >= 0.6 is 11.3 Å². The Morgan fingerprint density at radius 1 is 1.11 bits per heavy atom. The normalized spacial score (nSPS) is 10.6. The number of hydrogen-bond donors (Lipinski definition) is 1. The van der Waals surface area contributed by atoms with Crippen LogP contribution in [0.1, 0.15) is 0 Å². The smallest absolute Gasteiger partial charge is 0.322 e. The fourth-order valence-corrected chi connectivity index (χ4v) is 2.94. The lowest BCUT2D eigenvalue weighted by Gasteiger charge is -2.13. The van der Waals surface area contributed by atoms with Crippen molar-refractivity contribution in [3.05, 3.63) is 48.4 Å². The Balaban J connectivity index is 1.83. The van der Waals surface area contributed by atoms with E-state index in [1.807, 2.05) is 17.5 Å². The second-order valence-electron chi connectivity index (χ2n) is 5.80. The van der Waals surface area contributed by atoms with Crippen LogP contribution < -0.4 is 5.32 Å². The van der Waals surface area contributed by atoms with Crippen LogP contribution in [0.5, 0.6) is 0 Å². The molecule has 10 nitrogen and oxygen atoms in total. The Bertz CT molecular complexity index is 1090. The lowest BCUT2D eigenvalue weighted by molar-refractivity contribution is 0.230. The summed E-state index contributed by atoms with van der Waals surface area (Å²) in [6.45, 7) is 0. The third-order valence-corrected chi connectivity index (χ3v) is 4.50. The fourth-order valence-electron chi connectivity index (χ4n) is 2.28. The topological polar surface area (TPSA) is 115 Å². The molecule has 4 heterocycles. The summed E-state index contributed by atoms with van der Waals surface area (Å²) < 4.78 is 1.44. The van der Waals surface area contributed by atoms with Gasteiger partial charge in [-0.1, -0.05) is 6.07 Å². The zero-order valence-electron chi connectivity index (χ0n) is 15.0. The standard InChI is InChI=1S/C17H15N9OS/c1-25(2)17(27)21-13-5-6-20-26(13)16-23-14(11-10-18-7-8-19-11)22-15(24-16)12-4-3-9-28-12/h3-10H,1-2H3,(H,21,27). The number of hydrogen-bond acceptors (Lipinski definition) is 8. The molecule has 0 atom stereocenters. The summed E-state index contributed by atoms with van der Waals surface area (Å²) in [5.74, 6) is 1.55. The van der Waals surface area contributed by atoms with Crippen LogP contribution in [0.4, 0.5) is 10.6 Å². The van der Waals surface area contributed by atoms with Gasteiger partial charge in [-0.15, -0.1) is 11.3 Å². The van der Waals surface area contributed by atoms with Crippen molar-refractivity contribution in [1.82, 2.24) is 39.6 Å². The van der Waals surface area contributed by atoms with Gasteiger partial charge in [0.1, 0.15) is 11.5 Å². The molecule has 0 aliphatic carbocycles. The van der Waals surface area contributed by atoms with Gasteiger partial charge in [-0.3, -0.25) is 10.3 Å². The van der Waals surface area contributed by atoms with Gasteiger partial charge in [0.05, 0.1) is 17.3 Å². The molecule has 4 aromatic rings. The van der Waals surface area contributed by atoms with Crippen molar-refractivity contribution in [2.45, 2.75) is 0 Å². The molecule has 28 heavy (non-hydrogen) atoms. The molecule has 0 bridgehead atoms. The first kappa shape index (κ1) is 17.7. The van der Waals surface area contributed by atoms with Crippen LogP contribution in [-0.2, 0) is 0 Å². The first-order valence-electron chi connectivity index (χ1n) is 8.21. The molecule has 0 aliphatic rings. The zero-order chi connectivity index (χ0) is 19.5. The Morgan fingerprint density at radius 3 is 2.68 bits per heavy atom. The van der Waals surface area contributed by atoms with Gasteiger partial charge in [0, 0.05) is 32.6 Å². The van der Waals surface area contributed by atoms with Crippen molar-refractivity contribution >= 4 is 23.2 Å². The largest absolute Gasteiger partial charge is 0.331 e. The van der Waals surface area contributed by atoms with Crippen molar-refractivity contribution in [1.29, 1.82) is 0 Å². The molecule has 2 amide bonds. The molecule has 11 heteroatoms. The quantitative estimate of drug-likeness (QED) is 0.566. The average molecular weight is 393 g/mol. The van der Waals surface area contributed by atoms with Gasteiger partial charge in [-0.05, 0) is 11.4 Å². The van der Waals surface area contributed by atoms with Gasteiger partial charge in [0.15, 0.2) is 11.6 Å². The number of rotatable bonds is 4. The van der Waals surface area contributed by atoms with E-state index in [4.69, 9.17) is 0 Å². The summed E-state index contributed by atoms with van der Waals surface area (Å²) in [4.78, 5) is 36.2. The molecule has 1 N–H and O–H groups in total. The van der Waals surface area contributed by atoms with Crippen LogP contribution in [0.25, 0.3) is 28.2 Å². The number of aromatic nitrogens is 7. The van der Waals surface area contributed by atoms with E-state index in [1.54, 1.807) is 44.9 Å². The van der Waals surface area contributed by atoms with E-state index in [-0.39, 0.29) is 12.0 Å². The number of nitrogens with one attached hydrogen (secondary N) is 1. The molecule has 140 valence electrons. The van der Waals surface area contributed by atoms with E-state index >= 15 is 0 Å². The zero-order valence-corrected chi connectivity index (χ0v) is 15.8. The van der Waals surface area contributed by atoms with Gasteiger partial charge < -0.3 is 4.90 Å². The van der Waals surface area contributed by atoms with Gasteiger partial charge >= 0.3 is 6.03 Å². The van der Waals surface area contributed by atoms with Crippen molar-refractivity contribution in [3.63, 3.8) is 0 Å². The molecule has 0 fully saturated rings. The number of thiophene rings is 1. The number of amides is 2. The molecule has 0 aliphatic heterocycles. The van der Waals surface area contributed by atoms with Gasteiger partial charge in [0.25, 0.3) is 5.95 Å². The lowest BCUT2D eigenvalue weighted by atomic mass is 10.4. The highest BCUT2D eigenvalue weighted by atomic mass is 32.1. The monoisotopic (exact) mass is 393 g/mol. The maximum atomic E-state index is 12.0. The maximum absolute atomic E-state index is 12.0. The number of carbonyl (C=O) groups is 1. The Hall–Kier alpha value is -3.73. The molecule has 4 aromatic heterocycles. The highest BCUT2D eigenvalue weighted by Gasteiger charge is 2.17. The summed E-state index contributed by atoms with van der Waals surface area (Å²) in [5.41, 5.74) is 0.509. The minimum Gasteiger partial charge on any atom is -0.331 e. The summed E-state index contributed by atoms with van der Waals surface area (Å²) >= 11 is 1.51. The number of urea groups is 1. The van der Waals surface area contributed by atoms with Crippen molar-refractivity contribution in [3.8, 4) is 28.2 Å². The van der Waals surface area contributed by atoms with Gasteiger partial charge in [-0.25, -0.2) is 14.8 Å². The second-order valence-corrected chi connectivity index (χ2v) is 6.75. The maximum Gasteiger partial charge on any atom is 0.322 e. The second kappa shape index (κ2) is 7.48. The molecule has 0 saturated carbocycles. The summed E-state index contributed by atoms with van der Waals surface area (Å²) in [6, 6.07) is 5.21. The van der Waals surface area contributed by atoms with Crippen molar-refractivity contribution in [2.75, 3.05) is 19.4 Å². The number of anilines is 1. The van der Waals surface area contributed by atoms with Crippen LogP contribution in [0.15, 0.2) is 48.4 Å². The summed E-state index contributed by atoms with van der Waals surface area (Å²) in [6.07, 6.45) is 6.28. The molecule has 0 saturated heterocycles. The molecule has 0 radical (unpaired) electrons. The van der Waals surface area contributed by atoms with Crippen molar-refractivity contribution in [2.24, 2.45) is 0 Å². The lowest BCUT2D eigenvalue weighted by Crippen LogP contribution is -2.28. The third-order valence-electron chi connectivity index (χ3n) is 3.63. The van der Waals surface area contributed by atoms with E-state index in [9.17, 15) is 4.79 Å². The Labute approximate surface area is 164 Å². The van der Waals surface area contributed by atoms with Crippen LogP contribution in [-0.4, -0.2) is 59.7 Å². The first-order chi connectivity index (χ1) is 13.6. The molecule has 0 aromatic carbocycles. The predicted molar refractivity (Wildman–Crippen MR) is 104 cm³/mol. The summed E-state index contributed by atoms with van der Waals surface area (Å²) in [5, 5.41) is 8.96. The minimum absolute atomic E-state index is 0.262. The minimum atomic E-state index is -0.288. The third kappa shape index (κ3) is 3.55. The highest BCUT2D eigenvalue weighted by Crippen LogP contribution is 2.24. The molecule has 0 spiro atoms. The van der Waals surface area contributed by atoms with Crippen LogP contribution in [0.2, 0.25) is 0 Å². The van der Waals surface area contributed by atoms with E-state index in [0.717, 1.165) is 4.88 Å². The van der Waals surface area contributed by atoms with E-state index in [2.05, 4.69) is 35.3 Å². The Kier molecular flexibility index (Phi) is 4.72. The van der Waals surface area contributed by atoms with Crippen molar-refractivity contribution < 1.29 is 4.79 Å². The molecule has 0 unspecified atom stereocenters.